The van der Waals surface area contributed by atoms with Crippen LogP contribution in [0.1, 0.15) is 19.2 Å². The van der Waals surface area contributed by atoms with E-state index in [-0.39, 0.29) is 0 Å². The summed E-state index contributed by atoms with van der Waals surface area (Å²) in [6.45, 7) is 5.24. The van der Waals surface area contributed by atoms with Crippen LogP contribution in [0, 0.1) is 0 Å². The van der Waals surface area contributed by atoms with Gasteiger partial charge >= 0.3 is 0 Å². The van der Waals surface area contributed by atoms with Crippen molar-refractivity contribution in [2.75, 3.05) is 18.4 Å². The van der Waals surface area contributed by atoms with Crippen molar-refractivity contribution in [3.05, 3.63) is 12.2 Å². The lowest BCUT2D eigenvalue weighted by Crippen LogP contribution is -2.27. The Morgan fingerprint density at radius 2 is 2.29 bits per heavy atom. The quantitative estimate of drug-likeness (QED) is 0.726. The van der Waals surface area contributed by atoms with Gasteiger partial charge in [-0.15, -0.1) is 0 Å². The molecule has 0 atom stereocenters. The number of rotatable bonds is 6. The monoisotopic (exact) mass is 260 g/mol. The number of aromatic nitrogens is 3. The second kappa shape index (κ2) is 6.14. The molecule has 0 N–H and O–H groups in total. The zero-order valence-electron chi connectivity index (χ0n) is 8.78. The topological polar surface area (TPSA) is 34.0 Å². The van der Waals surface area contributed by atoms with Crippen LogP contribution in [0.25, 0.3) is 0 Å². The van der Waals surface area contributed by atoms with Crippen molar-refractivity contribution in [3.63, 3.8) is 0 Å². The molecule has 14 heavy (non-hydrogen) atoms. The van der Waals surface area contributed by atoms with Gasteiger partial charge in [0.25, 0.3) is 0 Å². The standard InChI is InChI=1S/C9H17BrN4/c1-3-5-14(6-4-10)7-9-11-8-12-13(9)2/h8H,3-7H2,1-2H3. The number of nitrogens with zero attached hydrogens (tertiary/aromatic N) is 4. The highest BCUT2D eigenvalue weighted by molar-refractivity contribution is 9.09. The summed E-state index contributed by atoms with van der Waals surface area (Å²) in [6, 6.07) is 0. The SMILES string of the molecule is CCCN(CCBr)Cc1ncnn1C. The molecule has 1 aromatic heterocycles. The third-order valence-electron chi connectivity index (χ3n) is 2.11. The van der Waals surface area contributed by atoms with Crippen LogP contribution in [0.3, 0.4) is 0 Å². The van der Waals surface area contributed by atoms with Gasteiger partial charge in [-0.1, -0.05) is 22.9 Å². The molecule has 0 saturated heterocycles. The molecule has 0 aliphatic heterocycles. The van der Waals surface area contributed by atoms with E-state index in [1.54, 1.807) is 6.33 Å². The molecule has 0 unspecified atom stereocenters. The summed E-state index contributed by atoms with van der Waals surface area (Å²) in [5.74, 6) is 1.03. The Balaban J connectivity index is 2.50. The molecule has 0 saturated carbocycles. The fraction of sp³-hybridized carbons (Fsp3) is 0.778. The van der Waals surface area contributed by atoms with Crippen LogP contribution in [0.5, 0.6) is 0 Å². The Morgan fingerprint density at radius 1 is 1.50 bits per heavy atom. The van der Waals surface area contributed by atoms with Crippen LogP contribution < -0.4 is 0 Å². The summed E-state index contributed by atoms with van der Waals surface area (Å²) in [6.07, 6.45) is 2.78. The van der Waals surface area contributed by atoms with Gasteiger partial charge in [0.15, 0.2) is 0 Å². The maximum atomic E-state index is 4.21. The summed E-state index contributed by atoms with van der Waals surface area (Å²) in [4.78, 5) is 6.59. The van der Waals surface area contributed by atoms with Crippen LogP contribution in [0.15, 0.2) is 6.33 Å². The first-order valence-electron chi connectivity index (χ1n) is 4.89. The Labute approximate surface area is 93.4 Å². The molecule has 0 bridgehead atoms. The Hall–Kier alpha value is -0.420. The lowest BCUT2D eigenvalue weighted by molar-refractivity contribution is 0.272. The molecule has 80 valence electrons. The molecule has 0 aliphatic rings. The van der Waals surface area contributed by atoms with Gasteiger partial charge in [0.05, 0.1) is 6.54 Å². The molecule has 0 fully saturated rings. The van der Waals surface area contributed by atoms with Crippen molar-refractivity contribution >= 4 is 15.9 Å². The maximum absolute atomic E-state index is 4.21. The first-order valence-corrected chi connectivity index (χ1v) is 6.01. The minimum absolute atomic E-state index is 0.885. The van der Waals surface area contributed by atoms with Crippen molar-refractivity contribution in [2.24, 2.45) is 7.05 Å². The van der Waals surface area contributed by atoms with E-state index in [0.29, 0.717) is 0 Å². The van der Waals surface area contributed by atoms with Crippen molar-refractivity contribution in [2.45, 2.75) is 19.9 Å². The average Bonchev–Trinajstić information content (AvgIpc) is 2.53. The third-order valence-corrected chi connectivity index (χ3v) is 2.47. The largest absolute Gasteiger partial charge is 0.295 e. The molecule has 1 heterocycles. The maximum Gasteiger partial charge on any atom is 0.140 e. The second-order valence-corrected chi connectivity index (χ2v) is 4.06. The van der Waals surface area contributed by atoms with Gasteiger partial charge < -0.3 is 0 Å². The molecular weight excluding hydrogens is 244 g/mol. The minimum Gasteiger partial charge on any atom is -0.295 e. The van der Waals surface area contributed by atoms with Crippen LogP contribution >= 0.6 is 15.9 Å². The predicted octanol–water partition coefficient (Wildman–Crippen LogP) is 1.42. The summed E-state index contributed by atoms with van der Waals surface area (Å²) in [7, 11) is 1.93. The number of aryl methyl sites for hydroxylation is 1. The zero-order valence-corrected chi connectivity index (χ0v) is 10.4. The van der Waals surface area contributed by atoms with Crippen molar-refractivity contribution in [1.82, 2.24) is 19.7 Å². The lowest BCUT2D eigenvalue weighted by Gasteiger charge is -2.19. The van der Waals surface area contributed by atoms with E-state index in [0.717, 1.165) is 30.8 Å². The zero-order chi connectivity index (χ0) is 10.4. The van der Waals surface area contributed by atoms with Gasteiger partial charge in [0.1, 0.15) is 12.2 Å². The molecule has 0 amide bonds. The van der Waals surface area contributed by atoms with Crippen LogP contribution in [0.2, 0.25) is 0 Å². The highest BCUT2D eigenvalue weighted by atomic mass is 79.9. The van der Waals surface area contributed by atoms with Gasteiger partial charge in [-0.2, -0.15) is 5.10 Å². The second-order valence-electron chi connectivity index (χ2n) is 3.27. The Morgan fingerprint density at radius 3 is 2.79 bits per heavy atom. The molecule has 1 rings (SSSR count). The van der Waals surface area contributed by atoms with E-state index in [2.05, 4.69) is 37.8 Å². The number of halogens is 1. The number of hydrogen-bond donors (Lipinski definition) is 0. The summed E-state index contributed by atoms with van der Waals surface area (Å²) in [5, 5.41) is 5.06. The molecule has 5 heteroatoms. The summed E-state index contributed by atoms with van der Waals surface area (Å²) >= 11 is 3.46. The van der Waals surface area contributed by atoms with E-state index in [1.807, 2.05) is 11.7 Å². The molecule has 4 nitrogen and oxygen atoms in total. The molecule has 0 spiro atoms. The molecular formula is C9H17BrN4. The fourth-order valence-corrected chi connectivity index (χ4v) is 1.87. The van der Waals surface area contributed by atoms with Crippen LogP contribution in [-0.2, 0) is 13.6 Å². The predicted molar refractivity (Wildman–Crippen MR) is 60.4 cm³/mol. The smallest absolute Gasteiger partial charge is 0.140 e. The Bertz CT molecular complexity index is 255. The van der Waals surface area contributed by atoms with E-state index in [4.69, 9.17) is 0 Å². The highest BCUT2D eigenvalue weighted by Crippen LogP contribution is 2.01. The van der Waals surface area contributed by atoms with Crippen molar-refractivity contribution < 1.29 is 0 Å². The molecule has 0 radical (unpaired) electrons. The van der Waals surface area contributed by atoms with Gasteiger partial charge in [-0.25, -0.2) is 4.98 Å². The third kappa shape index (κ3) is 3.38. The van der Waals surface area contributed by atoms with Gasteiger partial charge in [-0.05, 0) is 13.0 Å². The van der Waals surface area contributed by atoms with E-state index in [9.17, 15) is 0 Å². The Kier molecular flexibility index (Phi) is 5.11. The van der Waals surface area contributed by atoms with E-state index >= 15 is 0 Å². The van der Waals surface area contributed by atoms with Crippen LogP contribution in [-0.4, -0.2) is 38.1 Å². The lowest BCUT2D eigenvalue weighted by atomic mass is 10.4. The summed E-state index contributed by atoms with van der Waals surface area (Å²) in [5.41, 5.74) is 0. The first-order chi connectivity index (χ1) is 6.77. The van der Waals surface area contributed by atoms with Gasteiger partial charge in [0, 0.05) is 18.9 Å². The number of alkyl halides is 1. The number of hydrogen-bond acceptors (Lipinski definition) is 3. The van der Waals surface area contributed by atoms with E-state index in [1.165, 1.54) is 6.42 Å². The van der Waals surface area contributed by atoms with E-state index < -0.39 is 0 Å². The van der Waals surface area contributed by atoms with Crippen LogP contribution in [0.4, 0.5) is 0 Å². The first kappa shape index (κ1) is 11.7. The summed E-state index contributed by atoms with van der Waals surface area (Å²) < 4.78 is 1.83. The normalized spacial score (nSPS) is 11.1. The van der Waals surface area contributed by atoms with Crippen molar-refractivity contribution in [1.29, 1.82) is 0 Å². The molecule has 0 aliphatic carbocycles. The molecule has 0 aromatic carbocycles. The fourth-order valence-electron chi connectivity index (χ4n) is 1.37. The average molecular weight is 261 g/mol. The highest BCUT2D eigenvalue weighted by Gasteiger charge is 2.07. The van der Waals surface area contributed by atoms with Gasteiger partial charge in [0.2, 0.25) is 0 Å². The van der Waals surface area contributed by atoms with Gasteiger partial charge in [-0.3, -0.25) is 9.58 Å². The van der Waals surface area contributed by atoms with Crippen molar-refractivity contribution in [3.8, 4) is 0 Å². The molecule has 1 aromatic rings. The minimum atomic E-state index is 0.885.